The number of nitro benzene ring substituents is 1. The minimum absolute atomic E-state index is 0.0504. The quantitative estimate of drug-likeness (QED) is 0.675. The highest BCUT2D eigenvalue weighted by molar-refractivity contribution is 5.96. The minimum Gasteiger partial charge on any atom is -0.478 e. The summed E-state index contributed by atoms with van der Waals surface area (Å²) < 4.78 is 0. The number of non-ortho nitro benzene ring substituents is 1. The molecule has 2 rings (SSSR count). The summed E-state index contributed by atoms with van der Waals surface area (Å²) in [6.07, 6.45) is 0. The molecule has 0 aliphatic rings. The Bertz CT molecular complexity index is 647. The number of nitrogens with zero attached hydrogens (tertiary/aromatic N) is 1. The smallest absolute Gasteiger partial charge is 0.336 e. The molecule has 1 N–H and O–H groups in total. The van der Waals surface area contributed by atoms with Crippen LogP contribution in [-0.2, 0) is 0 Å². The maximum atomic E-state index is 11.2. The Balaban J connectivity index is 2.64. The summed E-state index contributed by atoms with van der Waals surface area (Å²) in [5.41, 5.74) is 1.95. The van der Waals surface area contributed by atoms with E-state index >= 15 is 0 Å². The van der Waals surface area contributed by atoms with Crippen LogP contribution in [0, 0.1) is 17.0 Å². The van der Waals surface area contributed by atoms with E-state index in [2.05, 4.69) is 0 Å². The van der Waals surface area contributed by atoms with Gasteiger partial charge in [0.05, 0.1) is 10.5 Å². The van der Waals surface area contributed by atoms with Crippen molar-refractivity contribution in [2.75, 3.05) is 0 Å². The van der Waals surface area contributed by atoms with E-state index in [1.807, 2.05) is 19.1 Å². The van der Waals surface area contributed by atoms with Crippen LogP contribution in [0.5, 0.6) is 0 Å². The van der Waals surface area contributed by atoms with Crippen molar-refractivity contribution in [3.05, 3.63) is 63.7 Å². The van der Waals surface area contributed by atoms with E-state index in [9.17, 15) is 14.9 Å². The lowest BCUT2D eigenvalue weighted by atomic mass is 9.98. The molecular formula is C14H11NO4. The molecule has 19 heavy (non-hydrogen) atoms. The molecule has 0 amide bonds. The third kappa shape index (κ3) is 2.60. The van der Waals surface area contributed by atoms with Crippen LogP contribution in [0.2, 0.25) is 0 Å². The number of carbonyl (C=O) groups is 1. The van der Waals surface area contributed by atoms with E-state index in [0.29, 0.717) is 11.1 Å². The number of benzene rings is 2. The molecule has 2 aromatic rings. The van der Waals surface area contributed by atoms with E-state index in [0.717, 1.165) is 5.56 Å². The fraction of sp³-hybridized carbons (Fsp3) is 0.0714. The Morgan fingerprint density at radius 2 is 1.79 bits per heavy atom. The van der Waals surface area contributed by atoms with Gasteiger partial charge in [-0.2, -0.15) is 0 Å². The summed E-state index contributed by atoms with van der Waals surface area (Å²) in [7, 11) is 0. The van der Waals surface area contributed by atoms with Gasteiger partial charge in [-0.1, -0.05) is 29.8 Å². The van der Waals surface area contributed by atoms with Crippen molar-refractivity contribution in [2.24, 2.45) is 0 Å². The van der Waals surface area contributed by atoms with Crippen LogP contribution in [0.1, 0.15) is 15.9 Å². The minimum atomic E-state index is -1.11. The molecule has 0 spiro atoms. The van der Waals surface area contributed by atoms with Crippen molar-refractivity contribution in [3.8, 4) is 11.1 Å². The molecule has 0 saturated heterocycles. The summed E-state index contributed by atoms with van der Waals surface area (Å²) in [5, 5.41) is 19.9. The molecule has 0 bridgehead atoms. The van der Waals surface area contributed by atoms with Crippen LogP contribution in [0.3, 0.4) is 0 Å². The molecule has 0 aliphatic heterocycles. The number of carboxylic acids is 1. The Morgan fingerprint density at radius 3 is 2.32 bits per heavy atom. The summed E-state index contributed by atoms with van der Waals surface area (Å²) >= 11 is 0. The van der Waals surface area contributed by atoms with Crippen molar-refractivity contribution < 1.29 is 14.8 Å². The van der Waals surface area contributed by atoms with Crippen LogP contribution in [0.15, 0.2) is 42.5 Å². The maximum Gasteiger partial charge on any atom is 0.336 e. The molecule has 0 fully saturated rings. The number of aromatic carboxylic acids is 1. The van der Waals surface area contributed by atoms with Gasteiger partial charge in [-0.15, -0.1) is 0 Å². The lowest BCUT2D eigenvalue weighted by Gasteiger charge is -2.06. The standard InChI is InChI=1S/C14H11NO4/c1-9-2-4-10(5-3-9)13-8-11(15(18)19)6-7-12(13)14(16)17/h2-8H,1H3,(H,16,17). The fourth-order valence-electron chi connectivity index (χ4n) is 1.80. The topological polar surface area (TPSA) is 80.4 Å². The maximum absolute atomic E-state index is 11.2. The Kier molecular flexibility index (Phi) is 3.29. The highest BCUT2D eigenvalue weighted by atomic mass is 16.6. The molecule has 0 atom stereocenters. The molecule has 2 aromatic carbocycles. The molecule has 0 aromatic heterocycles. The first kappa shape index (κ1) is 12.8. The normalized spacial score (nSPS) is 10.2. The molecule has 0 unspecified atom stereocenters. The van der Waals surface area contributed by atoms with E-state index in [1.165, 1.54) is 18.2 Å². The van der Waals surface area contributed by atoms with Crippen molar-refractivity contribution in [1.82, 2.24) is 0 Å². The highest BCUT2D eigenvalue weighted by Crippen LogP contribution is 2.28. The zero-order valence-electron chi connectivity index (χ0n) is 10.2. The van der Waals surface area contributed by atoms with Crippen LogP contribution in [0.4, 0.5) is 5.69 Å². The third-order valence-corrected chi connectivity index (χ3v) is 2.81. The first-order chi connectivity index (χ1) is 8.99. The number of hydrogen-bond acceptors (Lipinski definition) is 3. The van der Waals surface area contributed by atoms with Crippen LogP contribution in [0.25, 0.3) is 11.1 Å². The molecule has 0 radical (unpaired) electrons. The molecule has 5 heteroatoms. The van der Waals surface area contributed by atoms with E-state index in [-0.39, 0.29) is 11.3 Å². The number of rotatable bonds is 3. The Hall–Kier alpha value is -2.69. The zero-order valence-corrected chi connectivity index (χ0v) is 10.2. The second kappa shape index (κ2) is 4.89. The van der Waals surface area contributed by atoms with Crippen molar-refractivity contribution in [2.45, 2.75) is 6.92 Å². The number of nitro groups is 1. The van der Waals surface area contributed by atoms with E-state index in [1.54, 1.807) is 12.1 Å². The first-order valence-electron chi connectivity index (χ1n) is 5.58. The monoisotopic (exact) mass is 257 g/mol. The second-order valence-electron chi connectivity index (χ2n) is 4.16. The van der Waals surface area contributed by atoms with Gasteiger partial charge >= 0.3 is 5.97 Å². The lowest BCUT2D eigenvalue weighted by molar-refractivity contribution is -0.384. The van der Waals surface area contributed by atoms with E-state index in [4.69, 9.17) is 5.11 Å². The first-order valence-corrected chi connectivity index (χ1v) is 5.58. The number of aryl methyl sites for hydroxylation is 1. The summed E-state index contributed by atoms with van der Waals surface area (Å²) in [5.74, 6) is -1.11. The predicted octanol–water partition coefficient (Wildman–Crippen LogP) is 3.27. The van der Waals surface area contributed by atoms with Crippen LogP contribution < -0.4 is 0 Å². The fourth-order valence-corrected chi connectivity index (χ4v) is 1.80. The molecule has 0 saturated carbocycles. The summed E-state index contributed by atoms with van der Waals surface area (Å²) in [4.78, 5) is 21.4. The van der Waals surface area contributed by atoms with Gasteiger partial charge in [0, 0.05) is 17.7 Å². The lowest BCUT2D eigenvalue weighted by Crippen LogP contribution is -2.00. The van der Waals surface area contributed by atoms with Gasteiger partial charge < -0.3 is 5.11 Å². The average Bonchev–Trinajstić information content (AvgIpc) is 2.38. The highest BCUT2D eigenvalue weighted by Gasteiger charge is 2.16. The largest absolute Gasteiger partial charge is 0.478 e. The average molecular weight is 257 g/mol. The van der Waals surface area contributed by atoms with Gasteiger partial charge in [-0.25, -0.2) is 4.79 Å². The van der Waals surface area contributed by atoms with Gasteiger partial charge in [0.2, 0.25) is 0 Å². The Labute approximate surface area is 109 Å². The molecular weight excluding hydrogens is 246 g/mol. The van der Waals surface area contributed by atoms with E-state index < -0.39 is 10.9 Å². The molecule has 0 heterocycles. The van der Waals surface area contributed by atoms with Gasteiger partial charge in [-0.3, -0.25) is 10.1 Å². The van der Waals surface area contributed by atoms with Gasteiger partial charge in [0.25, 0.3) is 5.69 Å². The number of hydrogen-bond donors (Lipinski definition) is 1. The third-order valence-electron chi connectivity index (χ3n) is 2.81. The van der Waals surface area contributed by atoms with Crippen LogP contribution >= 0.6 is 0 Å². The second-order valence-corrected chi connectivity index (χ2v) is 4.16. The van der Waals surface area contributed by atoms with Crippen molar-refractivity contribution in [3.63, 3.8) is 0 Å². The molecule has 5 nitrogen and oxygen atoms in total. The van der Waals surface area contributed by atoms with Gasteiger partial charge in [0.15, 0.2) is 0 Å². The zero-order chi connectivity index (χ0) is 14.0. The van der Waals surface area contributed by atoms with Crippen molar-refractivity contribution in [1.29, 1.82) is 0 Å². The van der Waals surface area contributed by atoms with Gasteiger partial charge in [0.1, 0.15) is 0 Å². The van der Waals surface area contributed by atoms with Gasteiger partial charge in [-0.05, 0) is 18.6 Å². The Morgan fingerprint density at radius 1 is 1.16 bits per heavy atom. The summed E-state index contributed by atoms with van der Waals surface area (Å²) in [6.45, 7) is 1.91. The number of carboxylic acid groups (broad SMARTS) is 1. The predicted molar refractivity (Wildman–Crippen MR) is 70.2 cm³/mol. The van der Waals surface area contributed by atoms with Crippen LogP contribution in [-0.4, -0.2) is 16.0 Å². The SMILES string of the molecule is Cc1ccc(-c2cc([N+](=O)[O-])ccc2C(=O)O)cc1. The molecule has 96 valence electrons. The van der Waals surface area contributed by atoms with Crippen molar-refractivity contribution >= 4 is 11.7 Å². The summed E-state index contributed by atoms with van der Waals surface area (Å²) in [6, 6.07) is 10.9. The molecule has 0 aliphatic carbocycles.